The van der Waals surface area contributed by atoms with Gasteiger partial charge < -0.3 is 0 Å². The standard InChI is InChI=1S/C10H18Se/c1-9(2)5-7-11-8-6-10(3)4/h5-6H,7-8H2,1-4H3. The van der Waals surface area contributed by atoms with Crippen molar-refractivity contribution >= 4 is 15.0 Å². The van der Waals surface area contributed by atoms with Gasteiger partial charge >= 0.3 is 76.6 Å². The third-order valence-corrected chi connectivity index (χ3v) is 2.91. The zero-order valence-electron chi connectivity index (χ0n) is 7.98. The van der Waals surface area contributed by atoms with Crippen LogP contribution in [0.2, 0.25) is 10.6 Å². The van der Waals surface area contributed by atoms with Gasteiger partial charge in [0.1, 0.15) is 0 Å². The van der Waals surface area contributed by atoms with Gasteiger partial charge in [0.25, 0.3) is 0 Å². The zero-order chi connectivity index (χ0) is 8.69. The van der Waals surface area contributed by atoms with Gasteiger partial charge in [-0.05, 0) is 0 Å². The molecule has 1 heteroatoms. The average Bonchev–Trinajstić information content (AvgIpc) is 1.85. The van der Waals surface area contributed by atoms with E-state index in [0.717, 1.165) is 15.0 Å². The van der Waals surface area contributed by atoms with Gasteiger partial charge in [-0.1, -0.05) is 0 Å². The Bertz CT molecular complexity index is 128. The first-order valence-electron chi connectivity index (χ1n) is 3.97. The van der Waals surface area contributed by atoms with Crippen molar-refractivity contribution in [2.24, 2.45) is 0 Å². The summed E-state index contributed by atoms with van der Waals surface area (Å²) in [6, 6.07) is 0. The van der Waals surface area contributed by atoms with Gasteiger partial charge in [0.15, 0.2) is 0 Å². The molecule has 0 radical (unpaired) electrons. The second-order valence-corrected chi connectivity index (χ2v) is 5.36. The number of rotatable bonds is 4. The second-order valence-electron chi connectivity index (χ2n) is 3.10. The van der Waals surface area contributed by atoms with Gasteiger partial charge in [-0.25, -0.2) is 0 Å². The van der Waals surface area contributed by atoms with E-state index in [1.165, 1.54) is 21.8 Å². The van der Waals surface area contributed by atoms with Crippen LogP contribution in [0.15, 0.2) is 23.3 Å². The van der Waals surface area contributed by atoms with Gasteiger partial charge in [-0.15, -0.1) is 0 Å². The number of hydrogen-bond donors (Lipinski definition) is 0. The molecule has 0 spiro atoms. The van der Waals surface area contributed by atoms with Crippen molar-refractivity contribution in [1.82, 2.24) is 0 Å². The van der Waals surface area contributed by atoms with E-state index in [2.05, 4.69) is 39.8 Å². The van der Waals surface area contributed by atoms with Crippen molar-refractivity contribution in [3.63, 3.8) is 0 Å². The molecule has 0 N–H and O–H groups in total. The summed E-state index contributed by atoms with van der Waals surface area (Å²) in [4.78, 5) is 0. The first-order valence-corrected chi connectivity index (χ1v) is 6.39. The van der Waals surface area contributed by atoms with E-state index >= 15 is 0 Å². The molecule has 0 aromatic carbocycles. The van der Waals surface area contributed by atoms with Gasteiger partial charge in [0.05, 0.1) is 0 Å². The molecule has 0 heterocycles. The average molecular weight is 217 g/mol. The van der Waals surface area contributed by atoms with Crippen LogP contribution in [0.4, 0.5) is 0 Å². The van der Waals surface area contributed by atoms with E-state index in [-0.39, 0.29) is 0 Å². The SMILES string of the molecule is CC(C)=CC[Se]CC=C(C)C. The van der Waals surface area contributed by atoms with Crippen LogP contribution >= 0.6 is 0 Å². The summed E-state index contributed by atoms with van der Waals surface area (Å²) in [6.45, 7) is 8.65. The fraction of sp³-hybridized carbons (Fsp3) is 0.600. The Labute approximate surface area is 76.9 Å². The third-order valence-electron chi connectivity index (χ3n) is 1.22. The number of hydrogen-bond acceptors (Lipinski definition) is 0. The normalized spacial score (nSPS) is 9.09. The molecular weight excluding hydrogens is 199 g/mol. The Morgan fingerprint density at radius 3 is 1.55 bits per heavy atom. The molecule has 11 heavy (non-hydrogen) atoms. The van der Waals surface area contributed by atoms with Crippen molar-refractivity contribution in [3.8, 4) is 0 Å². The summed E-state index contributed by atoms with van der Waals surface area (Å²) in [5, 5.41) is 2.58. The first kappa shape index (κ1) is 11.0. The maximum atomic E-state index is 2.33. The Balaban J connectivity index is 3.29. The van der Waals surface area contributed by atoms with Crippen LogP contribution in [-0.2, 0) is 0 Å². The molecule has 0 bridgehead atoms. The minimum atomic E-state index is 0.786. The Hall–Kier alpha value is -0.000519. The molecule has 0 fully saturated rings. The summed E-state index contributed by atoms with van der Waals surface area (Å²) < 4.78 is 0. The number of allylic oxidation sites excluding steroid dienone is 4. The van der Waals surface area contributed by atoms with E-state index in [0.29, 0.717) is 0 Å². The van der Waals surface area contributed by atoms with Crippen LogP contribution < -0.4 is 0 Å². The van der Waals surface area contributed by atoms with Crippen LogP contribution in [0.1, 0.15) is 27.7 Å². The maximum absolute atomic E-state index is 2.33. The minimum absolute atomic E-state index is 0.786. The second kappa shape index (κ2) is 6.69. The Morgan fingerprint density at radius 2 is 1.27 bits per heavy atom. The quantitative estimate of drug-likeness (QED) is 0.384. The fourth-order valence-corrected chi connectivity index (χ4v) is 2.70. The van der Waals surface area contributed by atoms with E-state index in [9.17, 15) is 0 Å². The third kappa shape index (κ3) is 10.00. The van der Waals surface area contributed by atoms with E-state index < -0.39 is 0 Å². The van der Waals surface area contributed by atoms with Crippen molar-refractivity contribution < 1.29 is 0 Å². The van der Waals surface area contributed by atoms with E-state index in [1.54, 1.807) is 0 Å². The first-order chi connectivity index (χ1) is 5.13. The van der Waals surface area contributed by atoms with Crippen LogP contribution in [0.5, 0.6) is 0 Å². The van der Waals surface area contributed by atoms with Crippen LogP contribution in [0.25, 0.3) is 0 Å². The zero-order valence-corrected chi connectivity index (χ0v) is 9.69. The summed E-state index contributed by atoms with van der Waals surface area (Å²) in [5.41, 5.74) is 2.90. The molecule has 0 nitrogen and oxygen atoms in total. The summed E-state index contributed by atoms with van der Waals surface area (Å²) in [5.74, 6) is 0. The van der Waals surface area contributed by atoms with Crippen molar-refractivity contribution in [3.05, 3.63) is 23.3 Å². The van der Waals surface area contributed by atoms with Crippen LogP contribution in [0.3, 0.4) is 0 Å². The molecule has 0 aliphatic rings. The fourth-order valence-electron chi connectivity index (χ4n) is 0.519. The summed E-state index contributed by atoms with van der Waals surface area (Å²) in [7, 11) is 0. The molecule has 0 unspecified atom stereocenters. The van der Waals surface area contributed by atoms with Crippen molar-refractivity contribution in [2.75, 3.05) is 0 Å². The Kier molecular flexibility index (Phi) is 6.69. The molecule has 0 rings (SSSR count). The van der Waals surface area contributed by atoms with Gasteiger partial charge in [-0.2, -0.15) is 0 Å². The van der Waals surface area contributed by atoms with Gasteiger partial charge in [-0.3, -0.25) is 0 Å². The van der Waals surface area contributed by atoms with Crippen LogP contribution in [-0.4, -0.2) is 15.0 Å². The van der Waals surface area contributed by atoms with E-state index in [4.69, 9.17) is 0 Å². The van der Waals surface area contributed by atoms with E-state index in [1.807, 2.05) is 0 Å². The summed E-state index contributed by atoms with van der Waals surface area (Å²) in [6.07, 6.45) is 4.66. The molecule has 64 valence electrons. The molecule has 0 amide bonds. The molecular formula is C10H18Se. The molecule has 0 aliphatic heterocycles. The molecule has 0 saturated carbocycles. The topological polar surface area (TPSA) is 0 Å². The van der Waals surface area contributed by atoms with Crippen molar-refractivity contribution in [2.45, 2.75) is 38.3 Å². The molecule has 0 aliphatic carbocycles. The summed E-state index contributed by atoms with van der Waals surface area (Å²) >= 11 is 0.786. The monoisotopic (exact) mass is 218 g/mol. The molecule has 0 aromatic rings. The van der Waals surface area contributed by atoms with Gasteiger partial charge in [0.2, 0.25) is 0 Å². The molecule has 0 saturated heterocycles. The Morgan fingerprint density at radius 1 is 0.909 bits per heavy atom. The predicted octanol–water partition coefficient (Wildman–Crippen LogP) is 3.46. The van der Waals surface area contributed by atoms with Crippen LogP contribution in [0, 0.1) is 0 Å². The van der Waals surface area contributed by atoms with Crippen molar-refractivity contribution in [1.29, 1.82) is 0 Å². The molecule has 0 atom stereocenters. The predicted molar refractivity (Wildman–Crippen MR) is 54.2 cm³/mol. The van der Waals surface area contributed by atoms with Gasteiger partial charge in [0, 0.05) is 0 Å². The molecule has 0 aromatic heterocycles.